The molecule has 3 aromatic rings. The van der Waals surface area contributed by atoms with Gasteiger partial charge in [0.25, 0.3) is 11.6 Å². The molecule has 0 bridgehead atoms. The minimum absolute atomic E-state index is 0.176. The topological polar surface area (TPSA) is 91.8 Å². The minimum Gasteiger partial charge on any atom is -0.348 e. The smallest absolute Gasteiger partial charge is 0.259 e. The van der Waals surface area contributed by atoms with Crippen molar-refractivity contribution in [2.45, 2.75) is 32.2 Å². The number of benzene rings is 1. The molecule has 1 fully saturated rings. The molecule has 25 heavy (non-hydrogen) atoms. The van der Waals surface area contributed by atoms with Crippen molar-refractivity contribution in [2.75, 3.05) is 0 Å². The van der Waals surface area contributed by atoms with Gasteiger partial charge in [-0.25, -0.2) is 4.98 Å². The van der Waals surface area contributed by atoms with Crippen LogP contribution in [-0.2, 0) is 6.54 Å². The molecule has 0 radical (unpaired) electrons. The molecule has 0 unspecified atom stereocenters. The van der Waals surface area contributed by atoms with Gasteiger partial charge in [-0.3, -0.25) is 4.79 Å². The largest absolute Gasteiger partial charge is 0.348 e. The fraction of sp³-hybridized carbons (Fsp3) is 0.263. The van der Waals surface area contributed by atoms with Gasteiger partial charge in [0.2, 0.25) is 0 Å². The standard InChI is InChI=1S/C19H16N4O2/c1-11-17-15(8-16(14-6-7-14)22-19(17)25-23-11)18(24)21-10-13-4-2-12(9-20)3-5-13/h2-5,8,14H,6-7,10H2,1H3,(H,21,24). The Kier molecular flexibility index (Phi) is 3.69. The Hall–Kier alpha value is -3.20. The lowest BCUT2D eigenvalue weighted by Crippen LogP contribution is -2.23. The number of carbonyl (C=O) groups excluding carboxylic acids is 1. The van der Waals surface area contributed by atoms with Crippen molar-refractivity contribution in [1.29, 1.82) is 5.26 Å². The second-order valence-electron chi connectivity index (χ2n) is 6.31. The molecule has 6 heteroatoms. The Bertz CT molecular complexity index is 995. The number of hydrogen-bond acceptors (Lipinski definition) is 5. The van der Waals surface area contributed by atoms with E-state index in [-0.39, 0.29) is 5.91 Å². The van der Waals surface area contributed by atoms with Crippen molar-refractivity contribution in [3.8, 4) is 6.07 Å². The molecule has 0 aliphatic heterocycles. The van der Waals surface area contributed by atoms with E-state index in [1.54, 1.807) is 12.1 Å². The average Bonchev–Trinajstić information content (AvgIpc) is 3.43. The van der Waals surface area contributed by atoms with E-state index in [1.807, 2.05) is 25.1 Å². The first kappa shape index (κ1) is 15.3. The molecule has 1 aliphatic rings. The van der Waals surface area contributed by atoms with Gasteiger partial charge in [0.05, 0.1) is 28.3 Å². The number of nitrogens with one attached hydrogen (secondary N) is 1. The molecule has 0 spiro atoms. The third-order valence-electron chi connectivity index (χ3n) is 4.41. The van der Waals surface area contributed by atoms with Gasteiger partial charge in [0, 0.05) is 18.2 Å². The fourth-order valence-corrected chi connectivity index (χ4v) is 2.86. The van der Waals surface area contributed by atoms with Gasteiger partial charge in [-0.15, -0.1) is 0 Å². The fourth-order valence-electron chi connectivity index (χ4n) is 2.86. The highest BCUT2D eigenvalue weighted by Crippen LogP contribution is 2.40. The maximum atomic E-state index is 12.7. The van der Waals surface area contributed by atoms with E-state index in [9.17, 15) is 4.79 Å². The first-order valence-electron chi connectivity index (χ1n) is 8.20. The zero-order valence-electron chi connectivity index (χ0n) is 13.7. The van der Waals surface area contributed by atoms with Gasteiger partial charge >= 0.3 is 0 Å². The summed E-state index contributed by atoms with van der Waals surface area (Å²) in [5.74, 6) is 0.241. The molecule has 1 amide bonds. The minimum atomic E-state index is -0.176. The second kappa shape index (κ2) is 6.02. The molecule has 2 aromatic heterocycles. The predicted octanol–water partition coefficient (Wildman–Crippen LogP) is 3.21. The van der Waals surface area contributed by atoms with E-state index in [4.69, 9.17) is 9.78 Å². The Morgan fingerprint density at radius 1 is 1.36 bits per heavy atom. The monoisotopic (exact) mass is 332 g/mol. The highest BCUT2D eigenvalue weighted by molar-refractivity contribution is 6.06. The number of hydrogen-bond donors (Lipinski definition) is 1. The molecule has 6 nitrogen and oxygen atoms in total. The number of fused-ring (bicyclic) bond motifs is 1. The molecule has 1 aromatic carbocycles. The molecule has 1 N–H and O–H groups in total. The molecule has 1 saturated carbocycles. The Morgan fingerprint density at radius 2 is 2.12 bits per heavy atom. The first-order valence-corrected chi connectivity index (χ1v) is 8.20. The molecule has 0 atom stereocenters. The summed E-state index contributed by atoms with van der Waals surface area (Å²) in [5, 5.41) is 16.4. The maximum Gasteiger partial charge on any atom is 0.259 e. The number of pyridine rings is 1. The van der Waals surface area contributed by atoms with Crippen LogP contribution in [0.3, 0.4) is 0 Å². The van der Waals surface area contributed by atoms with Gasteiger partial charge < -0.3 is 9.84 Å². The van der Waals surface area contributed by atoms with Gasteiger partial charge in [-0.05, 0) is 43.5 Å². The Balaban J connectivity index is 1.60. The summed E-state index contributed by atoms with van der Waals surface area (Å²) in [5.41, 5.74) is 4.06. The van der Waals surface area contributed by atoms with E-state index in [0.29, 0.717) is 40.4 Å². The number of aryl methyl sites for hydroxylation is 1. The van der Waals surface area contributed by atoms with Crippen molar-refractivity contribution in [1.82, 2.24) is 15.5 Å². The van der Waals surface area contributed by atoms with Crippen LogP contribution in [0, 0.1) is 18.3 Å². The van der Waals surface area contributed by atoms with Gasteiger partial charge in [-0.1, -0.05) is 17.3 Å². The van der Waals surface area contributed by atoms with Gasteiger partial charge in [0.1, 0.15) is 0 Å². The number of amides is 1. The maximum absolute atomic E-state index is 12.7. The molecule has 0 saturated heterocycles. The summed E-state index contributed by atoms with van der Waals surface area (Å²) in [6.45, 7) is 2.19. The van der Waals surface area contributed by atoms with Gasteiger partial charge in [-0.2, -0.15) is 5.26 Å². The number of aromatic nitrogens is 2. The summed E-state index contributed by atoms with van der Waals surface area (Å²) in [6.07, 6.45) is 2.19. The molecule has 2 heterocycles. The lowest BCUT2D eigenvalue weighted by molar-refractivity contribution is 0.0952. The SMILES string of the molecule is Cc1noc2nc(C3CC3)cc(C(=O)NCc3ccc(C#N)cc3)c12. The highest BCUT2D eigenvalue weighted by Gasteiger charge is 2.28. The molecular weight excluding hydrogens is 316 g/mol. The van der Waals surface area contributed by atoms with Crippen molar-refractivity contribution < 1.29 is 9.32 Å². The van der Waals surface area contributed by atoms with Crippen LogP contribution in [-0.4, -0.2) is 16.0 Å². The molecular formula is C19H16N4O2. The van der Waals surface area contributed by atoms with Crippen LogP contribution in [0.2, 0.25) is 0 Å². The van der Waals surface area contributed by atoms with Gasteiger partial charge in [0.15, 0.2) is 0 Å². The Morgan fingerprint density at radius 3 is 2.80 bits per heavy atom. The zero-order valence-corrected chi connectivity index (χ0v) is 13.7. The van der Waals surface area contributed by atoms with Crippen molar-refractivity contribution in [3.63, 3.8) is 0 Å². The Labute approximate surface area is 144 Å². The number of nitriles is 1. The van der Waals surface area contributed by atoms with Crippen LogP contribution in [0.15, 0.2) is 34.9 Å². The summed E-state index contributed by atoms with van der Waals surface area (Å²) < 4.78 is 5.27. The lowest BCUT2D eigenvalue weighted by atomic mass is 10.1. The zero-order chi connectivity index (χ0) is 17.4. The van der Waals surface area contributed by atoms with Crippen LogP contribution in [0.4, 0.5) is 0 Å². The molecule has 4 rings (SSSR count). The molecule has 124 valence electrons. The van der Waals surface area contributed by atoms with E-state index >= 15 is 0 Å². The summed E-state index contributed by atoms with van der Waals surface area (Å²) in [7, 11) is 0. The number of nitrogens with zero attached hydrogens (tertiary/aromatic N) is 3. The first-order chi connectivity index (χ1) is 12.2. The quantitative estimate of drug-likeness (QED) is 0.792. The van der Waals surface area contributed by atoms with Crippen molar-refractivity contribution in [2.24, 2.45) is 0 Å². The third-order valence-corrected chi connectivity index (χ3v) is 4.41. The summed E-state index contributed by atoms with van der Waals surface area (Å²) >= 11 is 0. The second-order valence-corrected chi connectivity index (χ2v) is 6.31. The number of carbonyl (C=O) groups is 1. The van der Waals surface area contributed by atoms with E-state index in [2.05, 4.69) is 21.5 Å². The van der Waals surface area contributed by atoms with Crippen LogP contribution in [0.1, 0.15) is 51.6 Å². The summed E-state index contributed by atoms with van der Waals surface area (Å²) in [4.78, 5) is 17.2. The normalized spacial score (nSPS) is 13.6. The highest BCUT2D eigenvalue weighted by atomic mass is 16.5. The van der Waals surface area contributed by atoms with E-state index in [1.165, 1.54) is 0 Å². The third kappa shape index (κ3) is 2.96. The van der Waals surface area contributed by atoms with E-state index in [0.717, 1.165) is 24.1 Å². The van der Waals surface area contributed by atoms with Crippen molar-refractivity contribution in [3.05, 3.63) is 58.4 Å². The van der Waals surface area contributed by atoms with Crippen LogP contribution in [0.25, 0.3) is 11.1 Å². The van der Waals surface area contributed by atoms with Crippen LogP contribution >= 0.6 is 0 Å². The van der Waals surface area contributed by atoms with Crippen LogP contribution in [0.5, 0.6) is 0 Å². The number of rotatable bonds is 4. The average molecular weight is 332 g/mol. The lowest BCUT2D eigenvalue weighted by Gasteiger charge is -2.08. The predicted molar refractivity (Wildman–Crippen MR) is 90.8 cm³/mol. The van der Waals surface area contributed by atoms with Crippen molar-refractivity contribution >= 4 is 17.0 Å². The summed E-state index contributed by atoms with van der Waals surface area (Å²) in [6, 6.07) is 11.1. The van der Waals surface area contributed by atoms with Crippen LogP contribution < -0.4 is 5.32 Å². The molecule has 1 aliphatic carbocycles. The van der Waals surface area contributed by atoms with E-state index < -0.39 is 0 Å².